The maximum Gasteiger partial charge on any atom is 0.550 e. The van der Waals surface area contributed by atoms with Gasteiger partial charge in [-0.1, -0.05) is 6.08 Å². The van der Waals surface area contributed by atoms with Gasteiger partial charge in [0, 0.05) is 0 Å². The molecule has 0 saturated carbocycles. The highest BCUT2D eigenvalue weighted by atomic mass is 31.2. The fourth-order valence-electron chi connectivity index (χ4n) is 1.57. The molecule has 0 aromatic heterocycles. The van der Waals surface area contributed by atoms with Gasteiger partial charge in [-0.15, -0.1) is 0 Å². The van der Waals surface area contributed by atoms with Crippen molar-refractivity contribution in [1.82, 2.24) is 0 Å². The first-order valence-electron chi connectivity index (χ1n) is 6.31. The van der Waals surface area contributed by atoms with Gasteiger partial charge in [-0.2, -0.15) is 31.9 Å². The number of hydrogen-bond donors (Lipinski definition) is 1. The van der Waals surface area contributed by atoms with Gasteiger partial charge >= 0.3 is 19.8 Å². The van der Waals surface area contributed by atoms with Gasteiger partial charge in [-0.05, 0) is 32.4 Å². The van der Waals surface area contributed by atoms with Crippen molar-refractivity contribution in [2.75, 3.05) is 13.2 Å². The lowest BCUT2D eigenvalue weighted by Crippen LogP contribution is -2.22. The van der Waals surface area contributed by atoms with Crippen molar-refractivity contribution in [1.29, 1.82) is 0 Å². The van der Waals surface area contributed by atoms with Crippen LogP contribution in [-0.2, 0) is 13.8 Å². The monoisotopic (exact) mass is 329 g/mol. The van der Waals surface area contributed by atoms with Crippen molar-refractivity contribution in [3.63, 3.8) is 0 Å². The number of allylic oxidation sites excluding steroid dienone is 3. The molecule has 1 N–H and O–H groups in total. The van der Waals surface area contributed by atoms with Crippen molar-refractivity contribution in [3.8, 4) is 0 Å². The number of carbonyl (C=O) groups is 1. The molecule has 0 saturated heterocycles. The maximum absolute atomic E-state index is 12.5. The second-order valence-electron chi connectivity index (χ2n) is 4.07. The molecule has 0 aromatic carbocycles. The molecule has 1 aliphatic carbocycles. The fraction of sp³-hybridized carbons (Fsp3) is 0.583. The van der Waals surface area contributed by atoms with E-state index in [9.17, 15) is 22.9 Å². The molecule has 0 heterocycles. The Hall–Kier alpha value is -0.950. The van der Waals surface area contributed by atoms with Crippen LogP contribution in [0, 0.1) is 5.92 Å². The molecular weight excluding hydrogens is 312 g/mol. The Labute approximate surface area is 121 Å². The van der Waals surface area contributed by atoms with Crippen LogP contribution in [0.3, 0.4) is 0 Å². The third kappa shape index (κ3) is 5.07. The third-order valence-corrected chi connectivity index (χ3v) is 4.30. The van der Waals surface area contributed by atoms with Crippen LogP contribution < -0.4 is 0 Å². The zero-order chi connectivity index (χ0) is 16.1. The van der Waals surface area contributed by atoms with E-state index < -0.39 is 25.7 Å². The minimum atomic E-state index is -4.34. The summed E-state index contributed by atoms with van der Waals surface area (Å²) in [7, 11) is -3.83. The second-order valence-corrected chi connectivity index (χ2v) is 6.00. The number of alkyl halides is 3. The molecule has 1 aliphatic rings. The molecule has 1 unspecified atom stereocenters. The number of halogens is 3. The van der Waals surface area contributed by atoms with Crippen LogP contribution in [0.2, 0.25) is 0 Å². The van der Waals surface area contributed by atoms with E-state index in [0.29, 0.717) is 0 Å². The van der Waals surface area contributed by atoms with Crippen LogP contribution in [0.25, 0.3) is 0 Å². The quantitative estimate of drug-likeness (QED) is 0.747. The van der Waals surface area contributed by atoms with E-state index in [1.165, 1.54) is 0 Å². The predicted octanol–water partition coefficient (Wildman–Crippen LogP) is 3.97. The van der Waals surface area contributed by atoms with E-state index in [2.05, 4.69) is 0 Å². The highest BCUT2D eigenvalue weighted by Crippen LogP contribution is 2.58. The molecular formula is C12H17F3O5P+. The van der Waals surface area contributed by atoms with Crippen LogP contribution in [0.5, 0.6) is 0 Å². The van der Waals surface area contributed by atoms with Gasteiger partial charge in [0.1, 0.15) is 5.76 Å². The molecule has 0 aromatic rings. The Balaban J connectivity index is 2.68. The molecule has 0 fully saturated rings. The topological polar surface area (TPSA) is 65.0 Å². The van der Waals surface area contributed by atoms with Gasteiger partial charge in [0.25, 0.3) is 0 Å². The molecule has 0 aliphatic heterocycles. The Morgan fingerprint density at radius 2 is 1.95 bits per heavy atom. The SMILES string of the molecule is CCO[P+](O)(OCC)C(=O)OC1=CCC(C(F)(F)F)C=C1. The van der Waals surface area contributed by atoms with Crippen LogP contribution in [0.4, 0.5) is 18.0 Å². The summed E-state index contributed by atoms with van der Waals surface area (Å²) in [5.74, 6) is -1.68. The normalized spacial score (nSPS) is 19.3. The van der Waals surface area contributed by atoms with Gasteiger partial charge < -0.3 is 4.74 Å². The first kappa shape index (κ1) is 18.1. The third-order valence-electron chi connectivity index (χ3n) is 2.53. The molecule has 5 nitrogen and oxygen atoms in total. The van der Waals surface area contributed by atoms with Crippen molar-refractivity contribution >= 4 is 13.7 Å². The van der Waals surface area contributed by atoms with Gasteiger partial charge in [-0.3, -0.25) is 0 Å². The molecule has 0 spiro atoms. The highest BCUT2D eigenvalue weighted by molar-refractivity contribution is 7.77. The molecule has 1 rings (SSSR count). The lowest BCUT2D eigenvalue weighted by Gasteiger charge is -2.19. The summed E-state index contributed by atoms with van der Waals surface area (Å²) in [4.78, 5) is 21.8. The predicted molar refractivity (Wildman–Crippen MR) is 70.3 cm³/mol. The summed E-state index contributed by atoms with van der Waals surface area (Å²) in [5.41, 5.74) is -1.13. The summed E-state index contributed by atoms with van der Waals surface area (Å²) in [6.45, 7) is 3.19. The van der Waals surface area contributed by atoms with Crippen molar-refractivity contribution < 1.29 is 36.6 Å². The summed E-state index contributed by atoms with van der Waals surface area (Å²) in [6, 6.07) is 0. The van der Waals surface area contributed by atoms with Gasteiger partial charge in [-0.25, -0.2) is 0 Å². The summed E-state index contributed by atoms with van der Waals surface area (Å²) in [6.07, 6.45) is -1.59. The van der Waals surface area contributed by atoms with E-state index in [1.807, 2.05) is 0 Å². The summed E-state index contributed by atoms with van der Waals surface area (Å²) >= 11 is 0. The summed E-state index contributed by atoms with van der Waals surface area (Å²) in [5, 5.41) is 0. The smallest absolute Gasteiger partial charge is 0.391 e. The molecule has 0 bridgehead atoms. The average molecular weight is 329 g/mol. The number of ether oxygens (including phenoxy) is 1. The molecule has 120 valence electrons. The van der Waals surface area contributed by atoms with Crippen molar-refractivity contribution in [2.24, 2.45) is 5.92 Å². The average Bonchev–Trinajstić information content (AvgIpc) is 2.38. The molecule has 1 atom stereocenters. The maximum atomic E-state index is 12.5. The molecule has 0 radical (unpaired) electrons. The lowest BCUT2D eigenvalue weighted by atomic mass is 10.00. The summed E-state index contributed by atoms with van der Waals surface area (Å²) < 4.78 is 52.0. The minimum Gasteiger partial charge on any atom is -0.391 e. The Bertz CT molecular complexity index is 427. The Morgan fingerprint density at radius 3 is 2.33 bits per heavy atom. The zero-order valence-corrected chi connectivity index (χ0v) is 12.5. The Kier molecular flexibility index (Phi) is 6.34. The van der Waals surface area contributed by atoms with Crippen LogP contribution in [0.15, 0.2) is 24.0 Å². The van der Waals surface area contributed by atoms with Gasteiger partial charge in [0.05, 0.1) is 19.1 Å². The van der Waals surface area contributed by atoms with Gasteiger partial charge in [0.2, 0.25) is 0 Å². The fourth-order valence-corrected chi connectivity index (χ4v) is 2.78. The largest absolute Gasteiger partial charge is 0.550 e. The zero-order valence-electron chi connectivity index (χ0n) is 11.6. The second kappa shape index (κ2) is 7.35. The van der Waals surface area contributed by atoms with E-state index in [0.717, 1.165) is 18.2 Å². The Morgan fingerprint density at radius 1 is 1.38 bits per heavy atom. The molecule has 0 amide bonds. The van der Waals surface area contributed by atoms with E-state index >= 15 is 0 Å². The standard InChI is InChI=1S/C12H17F3O5P/c1-3-18-21(17,19-4-2)11(16)20-10-7-5-9(6-8-10)12(13,14)15/h5,7-9,17H,3-4,6H2,1-2H3/q+1. The molecule has 9 heteroatoms. The van der Waals surface area contributed by atoms with E-state index in [4.69, 9.17) is 13.8 Å². The number of carbonyl (C=O) groups excluding carboxylic acids is 1. The first-order chi connectivity index (χ1) is 9.73. The molecule has 21 heavy (non-hydrogen) atoms. The van der Waals surface area contributed by atoms with Crippen LogP contribution >= 0.6 is 7.94 Å². The van der Waals surface area contributed by atoms with Crippen LogP contribution in [0.1, 0.15) is 20.3 Å². The van der Waals surface area contributed by atoms with E-state index in [1.54, 1.807) is 13.8 Å². The number of rotatable bonds is 6. The van der Waals surface area contributed by atoms with E-state index in [-0.39, 0.29) is 25.4 Å². The van der Waals surface area contributed by atoms with Crippen molar-refractivity contribution in [2.45, 2.75) is 26.4 Å². The van der Waals surface area contributed by atoms with Crippen molar-refractivity contribution in [3.05, 3.63) is 24.0 Å². The van der Waals surface area contributed by atoms with Gasteiger partial charge in [0.15, 0.2) is 0 Å². The number of hydrogen-bond acceptors (Lipinski definition) is 5. The minimum absolute atomic E-state index is 0.0322. The first-order valence-corrected chi connectivity index (χ1v) is 7.89. The van der Waals surface area contributed by atoms with Crippen LogP contribution in [-0.4, -0.2) is 30.0 Å². The lowest BCUT2D eigenvalue weighted by molar-refractivity contribution is -0.160. The highest BCUT2D eigenvalue weighted by Gasteiger charge is 2.54.